The zero-order chi connectivity index (χ0) is 19.1. The van der Waals surface area contributed by atoms with E-state index in [4.69, 9.17) is 5.26 Å². The number of piperazine rings is 1. The van der Waals surface area contributed by atoms with Crippen LogP contribution in [-0.2, 0) is 6.54 Å². The van der Waals surface area contributed by atoms with Gasteiger partial charge in [0.2, 0.25) is 0 Å². The summed E-state index contributed by atoms with van der Waals surface area (Å²) >= 11 is 0. The van der Waals surface area contributed by atoms with Crippen molar-refractivity contribution >= 4 is 17.5 Å². The summed E-state index contributed by atoms with van der Waals surface area (Å²) in [6.07, 6.45) is 3.57. The van der Waals surface area contributed by atoms with Crippen molar-refractivity contribution in [1.82, 2.24) is 20.2 Å². The molecule has 0 bridgehead atoms. The number of hydrogen-bond acceptors (Lipinski definition) is 6. The van der Waals surface area contributed by atoms with Gasteiger partial charge in [-0.15, -0.1) is 0 Å². The van der Waals surface area contributed by atoms with E-state index >= 15 is 0 Å². The Labute approximate surface area is 158 Å². The largest absolute Gasteiger partial charge is 0.368 e. The van der Waals surface area contributed by atoms with Crippen molar-refractivity contribution in [2.24, 2.45) is 0 Å². The summed E-state index contributed by atoms with van der Waals surface area (Å²) in [5.74, 6) is 0.544. The Balaban J connectivity index is 1.48. The third-order valence-electron chi connectivity index (χ3n) is 4.41. The zero-order valence-corrected chi connectivity index (χ0v) is 15.4. The molecule has 2 aromatic rings. The average molecular weight is 365 g/mol. The second-order valence-corrected chi connectivity index (χ2v) is 6.31. The fourth-order valence-corrected chi connectivity index (χ4v) is 2.97. The van der Waals surface area contributed by atoms with Gasteiger partial charge in [-0.25, -0.2) is 14.8 Å². The Bertz CT molecular complexity index is 790. The predicted octanol–water partition coefficient (Wildman–Crippen LogP) is 1.81. The Morgan fingerprint density at radius 1 is 1.15 bits per heavy atom. The van der Waals surface area contributed by atoms with Gasteiger partial charge in [0.15, 0.2) is 0 Å². The minimum absolute atomic E-state index is 0.244. The molecule has 140 valence electrons. The average Bonchev–Trinajstić information content (AvgIpc) is 2.70. The van der Waals surface area contributed by atoms with Gasteiger partial charge >= 0.3 is 6.03 Å². The number of carbonyl (C=O) groups excluding carboxylic acids is 1. The van der Waals surface area contributed by atoms with Crippen molar-refractivity contribution in [3.05, 3.63) is 47.9 Å². The van der Waals surface area contributed by atoms with E-state index in [9.17, 15) is 4.79 Å². The number of rotatable bonds is 5. The molecule has 8 heteroatoms. The fourth-order valence-electron chi connectivity index (χ4n) is 2.97. The smallest absolute Gasteiger partial charge is 0.320 e. The first-order chi connectivity index (χ1) is 13.2. The normalized spacial score (nSPS) is 14.4. The van der Waals surface area contributed by atoms with E-state index in [0.29, 0.717) is 18.1 Å². The monoisotopic (exact) mass is 365 g/mol. The molecule has 1 saturated heterocycles. The van der Waals surface area contributed by atoms with Crippen molar-refractivity contribution in [3.63, 3.8) is 0 Å². The maximum atomic E-state index is 11.5. The van der Waals surface area contributed by atoms with Crippen LogP contribution in [0.1, 0.15) is 18.2 Å². The van der Waals surface area contributed by atoms with Crippen molar-refractivity contribution in [2.75, 3.05) is 42.9 Å². The molecule has 0 radical (unpaired) electrons. The maximum Gasteiger partial charge on any atom is 0.320 e. The number of urea groups is 1. The summed E-state index contributed by atoms with van der Waals surface area (Å²) < 4.78 is 0. The standard InChI is InChI=1S/C19H23N7O/c1-2-21-19(27)24-18-6-3-15(12-23-18)14-25-7-9-26(10-8-25)17-5-4-16(11-20)22-13-17/h3-6,12-13H,2,7-10,14H2,1H3,(H2,21,23,24,27). The quantitative estimate of drug-likeness (QED) is 0.839. The second kappa shape index (κ2) is 8.96. The van der Waals surface area contributed by atoms with Crippen LogP contribution in [0.5, 0.6) is 0 Å². The highest BCUT2D eigenvalue weighted by molar-refractivity contribution is 5.88. The zero-order valence-electron chi connectivity index (χ0n) is 15.4. The lowest BCUT2D eigenvalue weighted by Gasteiger charge is -2.35. The van der Waals surface area contributed by atoms with Crippen LogP contribution in [0, 0.1) is 11.3 Å². The first-order valence-electron chi connectivity index (χ1n) is 9.01. The molecule has 1 aliphatic rings. The fraction of sp³-hybridized carbons (Fsp3) is 0.368. The molecular formula is C19H23N7O. The first kappa shape index (κ1) is 18.6. The lowest BCUT2D eigenvalue weighted by Crippen LogP contribution is -2.46. The van der Waals surface area contributed by atoms with Crippen LogP contribution in [-0.4, -0.2) is 53.6 Å². The molecule has 0 atom stereocenters. The molecule has 0 aliphatic carbocycles. The summed E-state index contributed by atoms with van der Waals surface area (Å²) in [6, 6.07) is 9.32. The molecule has 2 aromatic heterocycles. The molecule has 2 N–H and O–H groups in total. The third-order valence-corrected chi connectivity index (χ3v) is 4.41. The lowest BCUT2D eigenvalue weighted by atomic mass is 10.2. The molecule has 8 nitrogen and oxygen atoms in total. The van der Waals surface area contributed by atoms with Gasteiger partial charge in [-0.1, -0.05) is 6.07 Å². The van der Waals surface area contributed by atoms with Gasteiger partial charge in [0, 0.05) is 45.5 Å². The molecule has 3 rings (SSSR count). The predicted molar refractivity (Wildman–Crippen MR) is 103 cm³/mol. The molecule has 0 saturated carbocycles. The number of nitrogens with zero attached hydrogens (tertiary/aromatic N) is 5. The SMILES string of the molecule is CCNC(=O)Nc1ccc(CN2CCN(c3ccc(C#N)nc3)CC2)cn1. The number of nitrogens with one attached hydrogen (secondary N) is 2. The number of amides is 2. The highest BCUT2D eigenvalue weighted by atomic mass is 16.2. The van der Waals surface area contributed by atoms with E-state index in [0.717, 1.165) is 44.0 Å². The molecule has 0 unspecified atom stereocenters. The summed E-state index contributed by atoms with van der Waals surface area (Å²) in [7, 11) is 0. The van der Waals surface area contributed by atoms with Crippen LogP contribution in [0.4, 0.5) is 16.3 Å². The molecule has 0 spiro atoms. The first-order valence-corrected chi connectivity index (χ1v) is 9.01. The number of aromatic nitrogens is 2. The van der Waals surface area contributed by atoms with Crippen LogP contribution in [0.15, 0.2) is 36.7 Å². The van der Waals surface area contributed by atoms with Gasteiger partial charge in [-0.2, -0.15) is 5.26 Å². The summed E-state index contributed by atoms with van der Waals surface area (Å²) in [5.41, 5.74) is 2.61. The third kappa shape index (κ3) is 5.15. The van der Waals surface area contributed by atoms with Crippen LogP contribution in [0.3, 0.4) is 0 Å². The topological polar surface area (TPSA) is 97.2 Å². The minimum atomic E-state index is -0.244. The number of nitriles is 1. The van der Waals surface area contributed by atoms with Crippen molar-refractivity contribution in [2.45, 2.75) is 13.5 Å². The van der Waals surface area contributed by atoms with E-state index in [1.807, 2.05) is 31.2 Å². The molecule has 2 amide bonds. The van der Waals surface area contributed by atoms with Crippen LogP contribution in [0.25, 0.3) is 0 Å². The van der Waals surface area contributed by atoms with E-state index in [1.165, 1.54) is 0 Å². The number of pyridine rings is 2. The highest BCUT2D eigenvalue weighted by Crippen LogP contribution is 2.17. The Morgan fingerprint density at radius 3 is 2.56 bits per heavy atom. The van der Waals surface area contributed by atoms with Gasteiger partial charge in [0.1, 0.15) is 17.6 Å². The van der Waals surface area contributed by atoms with Gasteiger partial charge in [-0.05, 0) is 30.7 Å². The van der Waals surface area contributed by atoms with Crippen molar-refractivity contribution in [3.8, 4) is 6.07 Å². The Morgan fingerprint density at radius 2 is 1.96 bits per heavy atom. The number of carbonyl (C=O) groups is 1. The van der Waals surface area contributed by atoms with Crippen molar-refractivity contribution in [1.29, 1.82) is 5.26 Å². The van der Waals surface area contributed by atoms with Crippen LogP contribution >= 0.6 is 0 Å². The van der Waals surface area contributed by atoms with Crippen LogP contribution in [0.2, 0.25) is 0 Å². The second-order valence-electron chi connectivity index (χ2n) is 6.31. The molecule has 0 aromatic carbocycles. The Hall–Kier alpha value is -3.18. The van der Waals surface area contributed by atoms with Crippen LogP contribution < -0.4 is 15.5 Å². The van der Waals surface area contributed by atoms with Gasteiger partial charge in [0.25, 0.3) is 0 Å². The molecule has 27 heavy (non-hydrogen) atoms. The summed E-state index contributed by atoms with van der Waals surface area (Å²) in [5, 5.41) is 14.2. The van der Waals surface area contributed by atoms with Crippen molar-refractivity contribution < 1.29 is 4.79 Å². The van der Waals surface area contributed by atoms with Gasteiger partial charge in [0.05, 0.1) is 11.9 Å². The summed E-state index contributed by atoms with van der Waals surface area (Å²) in [6.45, 7) is 6.99. The van der Waals surface area contributed by atoms with E-state index in [2.05, 4.69) is 30.4 Å². The van der Waals surface area contributed by atoms with E-state index < -0.39 is 0 Å². The van der Waals surface area contributed by atoms with Gasteiger partial charge in [-0.3, -0.25) is 10.2 Å². The number of hydrogen-bond donors (Lipinski definition) is 2. The minimum Gasteiger partial charge on any atom is -0.368 e. The lowest BCUT2D eigenvalue weighted by molar-refractivity contribution is 0.249. The number of anilines is 2. The van der Waals surface area contributed by atoms with E-state index in [-0.39, 0.29) is 6.03 Å². The molecule has 3 heterocycles. The van der Waals surface area contributed by atoms with E-state index in [1.54, 1.807) is 18.5 Å². The molecular weight excluding hydrogens is 342 g/mol. The highest BCUT2D eigenvalue weighted by Gasteiger charge is 2.17. The summed E-state index contributed by atoms with van der Waals surface area (Å²) in [4.78, 5) is 24.6. The Kier molecular flexibility index (Phi) is 6.18. The van der Waals surface area contributed by atoms with Gasteiger partial charge < -0.3 is 10.2 Å². The maximum absolute atomic E-state index is 11.5. The molecule has 1 fully saturated rings. The molecule has 1 aliphatic heterocycles.